The number of nitrogens with zero attached hydrogens (tertiary/aromatic N) is 1. The van der Waals surface area contributed by atoms with Crippen LogP contribution >= 0.6 is 11.6 Å². The molecular weight excluding hydrogens is 261 g/mol. The third-order valence-electron chi connectivity index (χ3n) is 1.85. The lowest BCUT2D eigenvalue weighted by molar-refractivity contribution is -0.883. The third-order valence-corrected chi connectivity index (χ3v) is 2.21. The van der Waals surface area contributed by atoms with Crippen LogP contribution in [0, 0.1) is 6.92 Å². The van der Waals surface area contributed by atoms with Crippen molar-refractivity contribution < 1.29 is 21.5 Å². The van der Waals surface area contributed by atoms with E-state index in [9.17, 15) is 0 Å². The molecule has 0 aliphatic carbocycles. The monoisotopic (exact) mass is 277 g/mol. The van der Waals surface area contributed by atoms with E-state index in [0.29, 0.717) is 0 Å². The second-order valence-electron chi connectivity index (χ2n) is 4.54. The highest BCUT2D eigenvalue weighted by Crippen LogP contribution is 2.19. The molecule has 3 heteroatoms. The van der Waals surface area contributed by atoms with Crippen LogP contribution in [0.5, 0.6) is 0 Å². The van der Waals surface area contributed by atoms with E-state index >= 15 is 0 Å². The first-order valence-corrected chi connectivity index (χ1v) is 4.82. The highest BCUT2D eigenvalue weighted by Gasteiger charge is 2.11. The summed E-state index contributed by atoms with van der Waals surface area (Å²) in [4.78, 5) is 0. The molecule has 0 saturated heterocycles. The zero-order valence-electron chi connectivity index (χ0n) is 9.14. The molecule has 1 nitrogen and oxygen atoms in total. The molecule has 0 radical (unpaired) electrons. The van der Waals surface area contributed by atoms with Gasteiger partial charge in [0.25, 0.3) is 0 Å². The number of hydrogen-bond donors (Lipinski definition) is 0. The number of aryl methyl sites for hydroxylation is 1. The lowest BCUT2D eigenvalue weighted by Crippen LogP contribution is -3.00. The van der Waals surface area contributed by atoms with E-state index in [1.807, 2.05) is 6.07 Å². The van der Waals surface area contributed by atoms with Gasteiger partial charge in [0.15, 0.2) is 0 Å². The van der Waals surface area contributed by atoms with Gasteiger partial charge in [0.2, 0.25) is 0 Å². The largest absolute Gasteiger partial charge is 1.00 e. The van der Waals surface area contributed by atoms with Gasteiger partial charge in [0, 0.05) is 10.6 Å². The molecule has 0 saturated carbocycles. The molecule has 0 fully saturated rings. The standard InChI is InChI=1S/C11H17ClN.BrH/c1-9-5-6-10(11(12)7-9)8-13(2,3)4;/h5-7H,8H2,1-4H3;1H/q+1;/p-1. The quantitative estimate of drug-likeness (QED) is 0.661. The summed E-state index contributed by atoms with van der Waals surface area (Å²) < 4.78 is 0.906. The normalized spacial score (nSPS) is 10.9. The molecule has 14 heavy (non-hydrogen) atoms. The van der Waals surface area contributed by atoms with Crippen LogP contribution in [0.3, 0.4) is 0 Å². The summed E-state index contributed by atoms with van der Waals surface area (Å²) in [5, 5.41) is 0.882. The number of rotatable bonds is 2. The van der Waals surface area contributed by atoms with E-state index in [-0.39, 0.29) is 17.0 Å². The fourth-order valence-electron chi connectivity index (χ4n) is 1.29. The lowest BCUT2D eigenvalue weighted by atomic mass is 10.1. The minimum atomic E-state index is 0. The molecule has 0 N–H and O–H groups in total. The van der Waals surface area contributed by atoms with Crippen LogP contribution < -0.4 is 17.0 Å². The van der Waals surface area contributed by atoms with Crippen molar-refractivity contribution in [3.63, 3.8) is 0 Å². The van der Waals surface area contributed by atoms with Gasteiger partial charge in [-0.05, 0) is 18.6 Å². The fraction of sp³-hybridized carbons (Fsp3) is 0.455. The van der Waals surface area contributed by atoms with Gasteiger partial charge in [-0.3, -0.25) is 0 Å². The second kappa shape index (κ2) is 5.15. The van der Waals surface area contributed by atoms with Crippen molar-refractivity contribution in [1.82, 2.24) is 0 Å². The second-order valence-corrected chi connectivity index (χ2v) is 4.95. The average Bonchev–Trinajstić information content (AvgIpc) is 1.93. The average molecular weight is 279 g/mol. The number of halogens is 2. The van der Waals surface area contributed by atoms with E-state index in [1.165, 1.54) is 11.1 Å². The molecule has 0 aliphatic rings. The predicted octanol–water partition coefficient (Wildman–Crippen LogP) is -0.141. The van der Waals surface area contributed by atoms with E-state index in [4.69, 9.17) is 11.6 Å². The predicted molar refractivity (Wildman–Crippen MR) is 57.9 cm³/mol. The summed E-state index contributed by atoms with van der Waals surface area (Å²) in [7, 11) is 6.49. The van der Waals surface area contributed by atoms with Gasteiger partial charge in [-0.25, -0.2) is 0 Å². The van der Waals surface area contributed by atoms with Crippen LogP contribution in [-0.2, 0) is 6.54 Å². The van der Waals surface area contributed by atoms with Crippen molar-refractivity contribution in [2.75, 3.05) is 21.1 Å². The van der Waals surface area contributed by atoms with Gasteiger partial charge in [-0.15, -0.1) is 0 Å². The number of benzene rings is 1. The molecule has 0 bridgehead atoms. The Morgan fingerprint density at radius 1 is 1.21 bits per heavy atom. The van der Waals surface area contributed by atoms with E-state index in [2.05, 4.69) is 40.2 Å². The molecule has 80 valence electrons. The molecule has 0 spiro atoms. The first-order valence-electron chi connectivity index (χ1n) is 4.44. The molecular formula is C11H17BrClN. The van der Waals surface area contributed by atoms with Crippen LogP contribution in [0.4, 0.5) is 0 Å². The molecule has 0 aromatic heterocycles. The Kier molecular flexibility index (Phi) is 5.13. The Morgan fingerprint density at radius 2 is 1.79 bits per heavy atom. The van der Waals surface area contributed by atoms with E-state index in [1.54, 1.807) is 0 Å². The smallest absolute Gasteiger partial charge is 0.105 e. The van der Waals surface area contributed by atoms with Gasteiger partial charge >= 0.3 is 0 Å². The van der Waals surface area contributed by atoms with Crippen molar-refractivity contribution in [1.29, 1.82) is 0 Å². The Hall–Kier alpha value is -0.0500. The fourth-order valence-corrected chi connectivity index (χ4v) is 1.59. The molecule has 0 unspecified atom stereocenters. The summed E-state index contributed by atoms with van der Waals surface area (Å²) in [6, 6.07) is 6.24. The Labute approximate surface area is 102 Å². The van der Waals surface area contributed by atoms with Crippen molar-refractivity contribution in [3.05, 3.63) is 34.3 Å². The maximum atomic E-state index is 6.13. The van der Waals surface area contributed by atoms with E-state index in [0.717, 1.165) is 16.1 Å². The number of hydrogen-bond acceptors (Lipinski definition) is 0. The molecule has 1 aromatic rings. The van der Waals surface area contributed by atoms with Crippen molar-refractivity contribution >= 4 is 11.6 Å². The van der Waals surface area contributed by atoms with Crippen molar-refractivity contribution in [3.8, 4) is 0 Å². The first kappa shape index (κ1) is 13.9. The molecule has 1 rings (SSSR count). The third kappa shape index (κ3) is 4.45. The van der Waals surface area contributed by atoms with Gasteiger partial charge < -0.3 is 21.5 Å². The molecule has 0 amide bonds. The zero-order chi connectivity index (χ0) is 10.1. The maximum absolute atomic E-state index is 6.13. The summed E-state index contributed by atoms with van der Waals surface area (Å²) in [6.45, 7) is 3.03. The highest BCUT2D eigenvalue weighted by atomic mass is 79.9. The molecule has 0 aliphatic heterocycles. The van der Waals surface area contributed by atoms with Crippen molar-refractivity contribution in [2.24, 2.45) is 0 Å². The van der Waals surface area contributed by atoms with Crippen LogP contribution in [0.1, 0.15) is 11.1 Å². The topological polar surface area (TPSA) is 0 Å². The minimum Gasteiger partial charge on any atom is -1.00 e. The zero-order valence-corrected chi connectivity index (χ0v) is 11.5. The Bertz CT molecular complexity index is 305. The Balaban J connectivity index is 0.00000169. The molecule has 1 aromatic carbocycles. The maximum Gasteiger partial charge on any atom is 0.105 e. The van der Waals surface area contributed by atoms with Crippen LogP contribution in [0.15, 0.2) is 18.2 Å². The van der Waals surface area contributed by atoms with E-state index < -0.39 is 0 Å². The molecule has 0 atom stereocenters. The van der Waals surface area contributed by atoms with Crippen LogP contribution in [0.25, 0.3) is 0 Å². The first-order chi connectivity index (χ1) is 5.88. The van der Waals surface area contributed by atoms with Crippen LogP contribution in [-0.4, -0.2) is 25.6 Å². The molecule has 0 heterocycles. The summed E-state index contributed by atoms with van der Waals surface area (Å²) >= 11 is 6.13. The Morgan fingerprint density at radius 3 is 2.21 bits per heavy atom. The minimum absolute atomic E-state index is 0. The number of quaternary nitrogens is 1. The van der Waals surface area contributed by atoms with Gasteiger partial charge in [-0.1, -0.05) is 23.7 Å². The van der Waals surface area contributed by atoms with Gasteiger partial charge in [0.1, 0.15) is 6.54 Å². The summed E-state index contributed by atoms with van der Waals surface area (Å²) in [5.74, 6) is 0. The van der Waals surface area contributed by atoms with Gasteiger partial charge in [-0.2, -0.15) is 0 Å². The SMILES string of the molecule is Cc1ccc(C[N+](C)(C)C)c(Cl)c1.[Br-]. The van der Waals surface area contributed by atoms with Crippen LogP contribution in [0.2, 0.25) is 5.02 Å². The summed E-state index contributed by atoms with van der Waals surface area (Å²) in [5.41, 5.74) is 2.44. The van der Waals surface area contributed by atoms with Crippen molar-refractivity contribution in [2.45, 2.75) is 13.5 Å². The highest BCUT2D eigenvalue weighted by molar-refractivity contribution is 6.31. The summed E-state index contributed by atoms with van der Waals surface area (Å²) in [6.07, 6.45) is 0. The lowest BCUT2D eigenvalue weighted by Gasteiger charge is -2.24. The van der Waals surface area contributed by atoms with Gasteiger partial charge in [0.05, 0.1) is 21.1 Å².